The third-order valence-electron chi connectivity index (χ3n) is 6.82. The topological polar surface area (TPSA) is 71.5 Å². The average molecular weight is 465 g/mol. The van der Waals surface area contributed by atoms with Gasteiger partial charge in [0.05, 0.1) is 0 Å². The van der Waals surface area contributed by atoms with Crippen molar-refractivity contribution >= 4 is 17.9 Å². The lowest BCUT2D eigenvalue weighted by Gasteiger charge is -2.40. The Bertz CT molecular complexity index is 1110. The fraction of sp³-hybridized carbons (Fsp3) is 0.400. The molecule has 2 fully saturated rings. The van der Waals surface area contributed by atoms with Crippen LogP contribution in [0.25, 0.3) is 0 Å². The van der Waals surface area contributed by atoms with Gasteiger partial charge in [0, 0.05) is 51.9 Å². The van der Waals surface area contributed by atoms with E-state index < -0.39 is 24.1 Å². The number of urea groups is 1. The number of nitrogens with zero attached hydrogens (tertiary/aromatic N) is 5. The quantitative estimate of drug-likeness (QED) is 0.750. The van der Waals surface area contributed by atoms with Crippen LogP contribution < -0.4 is 5.32 Å². The molecule has 3 heterocycles. The van der Waals surface area contributed by atoms with Crippen molar-refractivity contribution in [2.24, 2.45) is 4.99 Å². The molecule has 2 unspecified atom stereocenters. The van der Waals surface area contributed by atoms with Crippen LogP contribution in [-0.4, -0.2) is 82.9 Å². The Balaban J connectivity index is 1.35. The summed E-state index contributed by atoms with van der Waals surface area (Å²) in [5.74, 6) is -0.0833. The standard InChI is InChI=1S/C25H29FN6O2/c1-17-7-9-18(10-8-17)15-30-11-13-31(14-12-30)24-27-22-21(23(33)28-25(34)29(22)2)32(24)16-19-5-3-4-6-20(19)26/h3-10,21-22H,11-16H2,1-2H3,(H,28,33,34). The molecule has 0 radical (unpaired) electrons. The van der Waals surface area contributed by atoms with Crippen molar-refractivity contribution < 1.29 is 14.0 Å². The first-order valence-electron chi connectivity index (χ1n) is 11.6. The van der Waals surface area contributed by atoms with Gasteiger partial charge in [0.1, 0.15) is 5.82 Å². The van der Waals surface area contributed by atoms with Crippen LogP contribution in [0.3, 0.4) is 0 Å². The molecule has 0 aromatic heterocycles. The first-order chi connectivity index (χ1) is 16.4. The number of piperazine rings is 1. The SMILES string of the molecule is Cc1ccc(CN2CCN(C3=NC4C(C(=O)NC(=O)N4C)N3Cc3ccccc3F)CC2)cc1. The van der Waals surface area contributed by atoms with Crippen molar-refractivity contribution in [3.8, 4) is 0 Å². The summed E-state index contributed by atoms with van der Waals surface area (Å²) in [7, 11) is 1.63. The normalized spacial score (nSPS) is 23.1. The van der Waals surface area contributed by atoms with Crippen molar-refractivity contribution in [3.05, 3.63) is 71.0 Å². The number of fused-ring (bicyclic) bond motifs is 1. The van der Waals surface area contributed by atoms with Gasteiger partial charge in [0.15, 0.2) is 18.2 Å². The number of carbonyl (C=O) groups excluding carboxylic acids is 2. The Hall–Kier alpha value is -3.46. The van der Waals surface area contributed by atoms with Crippen LogP contribution in [0, 0.1) is 12.7 Å². The van der Waals surface area contributed by atoms with Crippen LogP contribution in [0.5, 0.6) is 0 Å². The zero-order valence-corrected chi connectivity index (χ0v) is 19.4. The molecule has 9 heteroatoms. The van der Waals surface area contributed by atoms with Crippen LogP contribution >= 0.6 is 0 Å². The van der Waals surface area contributed by atoms with E-state index in [1.54, 1.807) is 25.2 Å². The molecule has 2 aromatic carbocycles. The van der Waals surface area contributed by atoms with Crippen molar-refractivity contribution in [2.45, 2.75) is 32.2 Å². The fourth-order valence-corrected chi connectivity index (χ4v) is 4.81. The molecule has 8 nitrogen and oxygen atoms in total. The van der Waals surface area contributed by atoms with E-state index in [4.69, 9.17) is 4.99 Å². The second kappa shape index (κ2) is 9.06. The van der Waals surface area contributed by atoms with Gasteiger partial charge in [-0.3, -0.25) is 15.0 Å². The molecule has 0 spiro atoms. The van der Waals surface area contributed by atoms with Crippen molar-refractivity contribution in [2.75, 3.05) is 33.2 Å². The molecule has 3 amide bonds. The molecule has 2 atom stereocenters. The molecule has 1 N–H and O–H groups in total. The largest absolute Gasteiger partial charge is 0.340 e. The number of nitrogens with one attached hydrogen (secondary N) is 1. The van der Waals surface area contributed by atoms with Crippen LogP contribution in [0.2, 0.25) is 0 Å². The summed E-state index contributed by atoms with van der Waals surface area (Å²) in [6, 6.07) is 14.0. The first-order valence-corrected chi connectivity index (χ1v) is 11.6. The second-order valence-electron chi connectivity index (χ2n) is 9.16. The molecule has 0 bridgehead atoms. The highest BCUT2D eigenvalue weighted by molar-refractivity contribution is 6.03. The molecule has 0 saturated carbocycles. The summed E-state index contributed by atoms with van der Waals surface area (Å²) in [6.07, 6.45) is -0.631. The van der Waals surface area contributed by atoms with E-state index in [1.807, 2.05) is 4.90 Å². The van der Waals surface area contributed by atoms with Crippen molar-refractivity contribution in [1.82, 2.24) is 24.9 Å². The predicted octanol–water partition coefficient (Wildman–Crippen LogP) is 2.00. The zero-order chi connectivity index (χ0) is 23.8. The molecule has 34 heavy (non-hydrogen) atoms. The first kappa shape index (κ1) is 22.3. The average Bonchev–Trinajstić information content (AvgIpc) is 3.21. The molecule has 2 aromatic rings. The van der Waals surface area contributed by atoms with E-state index in [0.29, 0.717) is 11.5 Å². The monoisotopic (exact) mass is 464 g/mol. The second-order valence-corrected chi connectivity index (χ2v) is 9.16. The molecule has 2 saturated heterocycles. The number of hydrogen-bond acceptors (Lipinski definition) is 6. The van der Waals surface area contributed by atoms with Crippen LogP contribution in [-0.2, 0) is 17.9 Å². The molecule has 3 aliphatic rings. The van der Waals surface area contributed by atoms with E-state index in [1.165, 1.54) is 22.1 Å². The number of guanidine groups is 1. The van der Waals surface area contributed by atoms with Gasteiger partial charge in [-0.25, -0.2) is 14.2 Å². The Morgan fingerprint density at radius 1 is 1.00 bits per heavy atom. The minimum atomic E-state index is -0.692. The van der Waals surface area contributed by atoms with Gasteiger partial charge >= 0.3 is 6.03 Å². The number of imide groups is 1. The fourth-order valence-electron chi connectivity index (χ4n) is 4.81. The highest BCUT2D eigenvalue weighted by atomic mass is 19.1. The number of likely N-dealkylation sites (N-methyl/N-ethyl adjacent to an activating group) is 1. The Labute approximate surface area is 198 Å². The van der Waals surface area contributed by atoms with Gasteiger partial charge in [-0.05, 0) is 18.6 Å². The lowest BCUT2D eigenvalue weighted by atomic mass is 10.1. The van der Waals surface area contributed by atoms with Gasteiger partial charge < -0.3 is 14.7 Å². The summed E-state index contributed by atoms with van der Waals surface area (Å²) in [4.78, 5) is 37.7. The number of carbonyl (C=O) groups is 2. The molecule has 5 rings (SSSR count). The highest BCUT2D eigenvalue weighted by Gasteiger charge is 2.50. The maximum atomic E-state index is 14.5. The number of benzene rings is 2. The maximum Gasteiger partial charge on any atom is 0.325 e. The minimum Gasteiger partial charge on any atom is -0.340 e. The smallest absolute Gasteiger partial charge is 0.325 e. The highest BCUT2D eigenvalue weighted by Crippen LogP contribution is 2.28. The van der Waals surface area contributed by atoms with Crippen LogP contribution in [0.1, 0.15) is 16.7 Å². The summed E-state index contributed by atoms with van der Waals surface area (Å²) in [5.41, 5.74) is 3.01. The number of aryl methyl sites for hydroxylation is 1. The Kier molecular flexibility index (Phi) is 5.95. The lowest BCUT2D eigenvalue weighted by molar-refractivity contribution is -0.127. The predicted molar refractivity (Wildman–Crippen MR) is 126 cm³/mol. The van der Waals surface area contributed by atoms with E-state index in [2.05, 4.69) is 46.3 Å². The van der Waals surface area contributed by atoms with Gasteiger partial charge in [0.2, 0.25) is 0 Å². The molecule has 178 valence electrons. The minimum absolute atomic E-state index is 0.200. The Morgan fingerprint density at radius 3 is 2.41 bits per heavy atom. The Morgan fingerprint density at radius 2 is 1.71 bits per heavy atom. The summed E-state index contributed by atoms with van der Waals surface area (Å²) in [5, 5.41) is 2.41. The number of amides is 3. The third-order valence-corrected chi connectivity index (χ3v) is 6.82. The molecule has 0 aliphatic carbocycles. The van der Waals surface area contributed by atoms with Crippen LogP contribution in [0.15, 0.2) is 53.5 Å². The van der Waals surface area contributed by atoms with Gasteiger partial charge in [0.25, 0.3) is 5.91 Å². The maximum absolute atomic E-state index is 14.5. The number of rotatable bonds is 4. The van der Waals surface area contributed by atoms with Gasteiger partial charge in [-0.2, -0.15) is 0 Å². The molecular weight excluding hydrogens is 435 g/mol. The molecular formula is C25H29FN6O2. The van der Waals surface area contributed by atoms with E-state index in [-0.39, 0.29) is 12.4 Å². The van der Waals surface area contributed by atoms with E-state index in [9.17, 15) is 14.0 Å². The summed E-state index contributed by atoms with van der Waals surface area (Å²) in [6.45, 7) is 6.32. The van der Waals surface area contributed by atoms with Crippen molar-refractivity contribution in [1.29, 1.82) is 0 Å². The van der Waals surface area contributed by atoms with Gasteiger partial charge in [-0.1, -0.05) is 48.0 Å². The zero-order valence-electron chi connectivity index (χ0n) is 19.4. The van der Waals surface area contributed by atoms with E-state index >= 15 is 0 Å². The molecule has 3 aliphatic heterocycles. The lowest BCUT2D eigenvalue weighted by Crippen LogP contribution is -2.64. The summed E-state index contributed by atoms with van der Waals surface area (Å²) >= 11 is 0. The van der Waals surface area contributed by atoms with Crippen LogP contribution in [0.4, 0.5) is 9.18 Å². The third kappa shape index (κ3) is 4.23. The number of aliphatic imine (C=N–C) groups is 1. The number of halogens is 1. The summed E-state index contributed by atoms with van der Waals surface area (Å²) < 4.78 is 14.5. The van der Waals surface area contributed by atoms with E-state index in [0.717, 1.165) is 32.7 Å². The van der Waals surface area contributed by atoms with Gasteiger partial charge in [-0.15, -0.1) is 0 Å². The number of hydrogen-bond donors (Lipinski definition) is 1. The van der Waals surface area contributed by atoms with Crippen molar-refractivity contribution in [3.63, 3.8) is 0 Å².